The van der Waals surface area contributed by atoms with Crippen molar-refractivity contribution >= 4 is 43.3 Å². The van der Waals surface area contributed by atoms with Crippen molar-refractivity contribution < 1.29 is 8.42 Å². The van der Waals surface area contributed by atoms with Crippen LogP contribution in [-0.2, 0) is 28.6 Å². The Morgan fingerprint density at radius 3 is 2.65 bits per heavy atom. The molecule has 12 heteroatoms. The molecule has 0 radical (unpaired) electrons. The fourth-order valence-electron chi connectivity index (χ4n) is 3.82. The number of hydrogen-bond donors (Lipinski definition) is 1. The van der Waals surface area contributed by atoms with Gasteiger partial charge in [-0.05, 0) is 58.2 Å². The molecule has 0 atom stereocenters. The van der Waals surface area contributed by atoms with E-state index in [-0.39, 0.29) is 10.6 Å². The van der Waals surface area contributed by atoms with E-state index in [0.717, 1.165) is 33.8 Å². The summed E-state index contributed by atoms with van der Waals surface area (Å²) < 4.78 is 32.8. The lowest BCUT2D eigenvalue weighted by Gasteiger charge is -2.10. The molecule has 0 aliphatic carbocycles. The number of imidazole rings is 1. The van der Waals surface area contributed by atoms with E-state index in [2.05, 4.69) is 36.5 Å². The number of nitrogens with zero attached hydrogens (tertiary/aromatic N) is 6. The monoisotopic (exact) mass is 513 g/mol. The number of nitrogens with one attached hydrogen (secondary N) is 1. The van der Waals surface area contributed by atoms with Crippen LogP contribution in [0.5, 0.6) is 0 Å². The highest BCUT2D eigenvalue weighted by Crippen LogP contribution is 2.31. The summed E-state index contributed by atoms with van der Waals surface area (Å²) in [6.07, 6.45) is 0.803. The number of fused-ring (bicyclic) bond motifs is 1. The summed E-state index contributed by atoms with van der Waals surface area (Å²) in [5.41, 5.74) is 3.87. The Labute approximate surface area is 204 Å². The molecular formula is C22H20ClN7O2S2. The Hall–Kier alpha value is -3.15. The van der Waals surface area contributed by atoms with Gasteiger partial charge in [0.15, 0.2) is 15.7 Å². The van der Waals surface area contributed by atoms with E-state index in [9.17, 15) is 8.42 Å². The van der Waals surface area contributed by atoms with Crippen LogP contribution in [0.25, 0.3) is 21.7 Å². The van der Waals surface area contributed by atoms with Crippen molar-refractivity contribution in [3.63, 3.8) is 0 Å². The maximum atomic E-state index is 13.1. The molecule has 0 bridgehead atoms. The third-order valence-corrected chi connectivity index (χ3v) is 8.66. The number of halogens is 1. The van der Waals surface area contributed by atoms with E-state index in [1.165, 1.54) is 11.5 Å². The smallest absolute Gasteiger partial charge is 0.182 e. The summed E-state index contributed by atoms with van der Waals surface area (Å²) >= 11 is 7.92. The average molecular weight is 514 g/mol. The van der Waals surface area contributed by atoms with Crippen molar-refractivity contribution in [1.82, 2.24) is 34.5 Å². The van der Waals surface area contributed by atoms with Crippen molar-refractivity contribution in [2.45, 2.75) is 37.5 Å². The van der Waals surface area contributed by atoms with Crippen molar-refractivity contribution in [2.75, 3.05) is 0 Å². The summed E-state index contributed by atoms with van der Waals surface area (Å²) in [4.78, 5) is 5.98. The van der Waals surface area contributed by atoms with E-state index in [1.54, 1.807) is 30.3 Å². The van der Waals surface area contributed by atoms with Crippen molar-refractivity contribution in [1.29, 1.82) is 0 Å². The standard InChI is InChI=1S/C22H20ClN7O2S2/c1-3-18-24-20-13(2)27-33-22(20)30(18)11-14-7-9-16(10-8-14)34(31,32)12-15-5-4-6-17(19(15)23)21-25-28-29-26-21/h4-10H,3,11-12H2,1-2H3,(H,25,26,28,29). The molecule has 2 aromatic carbocycles. The first kappa shape index (κ1) is 22.6. The van der Waals surface area contributed by atoms with Crippen molar-refractivity contribution in [3.8, 4) is 11.4 Å². The van der Waals surface area contributed by atoms with Crippen LogP contribution in [0, 0.1) is 6.92 Å². The SMILES string of the molecule is CCc1nc2c(C)nsc2n1Cc1ccc(S(=O)(=O)Cc2cccc(-c3nnn[nH]3)c2Cl)cc1. The molecule has 9 nitrogen and oxygen atoms in total. The predicted octanol–water partition coefficient (Wildman–Crippen LogP) is 4.22. The minimum Gasteiger partial charge on any atom is -0.314 e. The van der Waals surface area contributed by atoms with Gasteiger partial charge in [-0.3, -0.25) is 0 Å². The van der Waals surface area contributed by atoms with Gasteiger partial charge in [-0.2, -0.15) is 4.37 Å². The molecule has 174 valence electrons. The molecule has 0 fully saturated rings. The first-order valence-electron chi connectivity index (χ1n) is 10.5. The van der Waals surface area contributed by atoms with Crippen LogP contribution in [0.2, 0.25) is 5.02 Å². The van der Waals surface area contributed by atoms with Crippen LogP contribution in [-0.4, -0.2) is 43.0 Å². The molecule has 0 aliphatic rings. The van der Waals surface area contributed by atoms with Gasteiger partial charge in [0.05, 0.1) is 27.9 Å². The third kappa shape index (κ3) is 4.10. The van der Waals surface area contributed by atoms with Gasteiger partial charge in [0.25, 0.3) is 0 Å². The van der Waals surface area contributed by atoms with Crippen LogP contribution in [0.15, 0.2) is 47.4 Å². The second kappa shape index (κ2) is 8.90. The number of aromatic nitrogens is 7. The van der Waals surface area contributed by atoms with Crippen LogP contribution < -0.4 is 0 Å². The third-order valence-electron chi connectivity index (χ3n) is 5.58. The Bertz CT molecular complexity index is 1570. The molecule has 34 heavy (non-hydrogen) atoms. The molecular weight excluding hydrogens is 494 g/mol. The molecule has 0 saturated heterocycles. The highest BCUT2D eigenvalue weighted by atomic mass is 35.5. The second-order valence-electron chi connectivity index (χ2n) is 7.82. The normalized spacial score (nSPS) is 12.0. The molecule has 0 saturated carbocycles. The summed E-state index contributed by atoms with van der Waals surface area (Å²) in [7, 11) is -3.62. The molecule has 0 unspecified atom stereocenters. The van der Waals surface area contributed by atoms with Crippen LogP contribution >= 0.6 is 23.1 Å². The molecule has 0 aliphatic heterocycles. The number of benzene rings is 2. The molecule has 1 N–H and O–H groups in total. The maximum absolute atomic E-state index is 13.1. The topological polar surface area (TPSA) is 119 Å². The number of H-pyrrole nitrogens is 1. The number of tetrazole rings is 1. The van der Waals surface area contributed by atoms with Gasteiger partial charge < -0.3 is 4.57 Å². The Kier molecular flexibility index (Phi) is 5.92. The first-order valence-corrected chi connectivity index (χ1v) is 13.3. The molecule has 3 heterocycles. The number of rotatable bonds is 7. The Morgan fingerprint density at radius 2 is 1.94 bits per heavy atom. The zero-order valence-electron chi connectivity index (χ0n) is 18.4. The van der Waals surface area contributed by atoms with Gasteiger partial charge in [0.2, 0.25) is 0 Å². The van der Waals surface area contributed by atoms with Crippen molar-refractivity contribution in [2.24, 2.45) is 0 Å². The van der Waals surface area contributed by atoms with Gasteiger partial charge >= 0.3 is 0 Å². The van der Waals surface area contributed by atoms with Crippen LogP contribution in [0.4, 0.5) is 0 Å². The van der Waals surface area contributed by atoms with E-state index in [1.807, 2.05) is 19.1 Å². The van der Waals surface area contributed by atoms with E-state index < -0.39 is 9.84 Å². The summed E-state index contributed by atoms with van der Waals surface area (Å²) in [5.74, 6) is 1.13. The highest BCUT2D eigenvalue weighted by Gasteiger charge is 2.20. The molecule has 0 spiro atoms. The van der Waals surface area contributed by atoms with Gasteiger partial charge in [0.1, 0.15) is 16.2 Å². The summed E-state index contributed by atoms with van der Waals surface area (Å²) in [6.45, 7) is 4.63. The van der Waals surface area contributed by atoms with Gasteiger partial charge in [-0.15, -0.1) is 5.10 Å². The van der Waals surface area contributed by atoms with Crippen molar-refractivity contribution in [3.05, 3.63) is 70.1 Å². The zero-order valence-corrected chi connectivity index (χ0v) is 20.7. The van der Waals surface area contributed by atoms with Gasteiger partial charge in [-0.25, -0.2) is 18.5 Å². The fraction of sp³-hybridized carbons (Fsp3) is 0.227. The minimum absolute atomic E-state index is 0.233. The molecule has 5 rings (SSSR count). The Balaban J connectivity index is 1.39. The van der Waals surface area contributed by atoms with E-state index in [4.69, 9.17) is 16.6 Å². The summed E-state index contributed by atoms with van der Waals surface area (Å²) in [6, 6.07) is 12.1. The number of aromatic amines is 1. The quantitative estimate of drug-likeness (QED) is 0.346. The maximum Gasteiger partial charge on any atom is 0.182 e. The predicted molar refractivity (Wildman–Crippen MR) is 131 cm³/mol. The van der Waals surface area contributed by atoms with E-state index >= 15 is 0 Å². The lowest BCUT2D eigenvalue weighted by Crippen LogP contribution is -2.07. The lowest BCUT2D eigenvalue weighted by molar-refractivity contribution is 0.595. The first-order chi connectivity index (χ1) is 16.4. The summed E-state index contributed by atoms with van der Waals surface area (Å²) in [5, 5.41) is 13.9. The van der Waals surface area contributed by atoms with Gasteiger partial charge in [-0.1, -0.05) is 42.8 Å². The van der Waals surface area contributed by atoms with E-state index in [0.29, 0.717) is 28.5 Å². The molecule has 0 amide bonds. The minimum atomic E-state index is -3.62. The highest BCUT2D eigenvalue weighted by molar-refractivity contribution is 7.90. The average Bonchev–Trinajstić information content (AvgIpc) is 3.55. The lowest BCUT2D eigenvalue weighted by atomic mass is 10.1. The second-order valence-corrected chi connectivity index (χ2v) is 10.9. The molecule has 3 aromatic heterocycles. The van der Waals surface area contributed by atoms with Gasteiger partial charge in [0, 0.05) is 12.0 Å². The number of sulfone groups is 1. The zero-order chi connectivity index (χ0) is 23.9. The number of hydrogen-bond acceptors (Lipinski definition) is 8. The Morgan fingerprint density at radius 1 is 1.15 bits per heavy atom. The number of aryl methyl sites for hydroxylation is 2. The molecule has 5 aromatic rings. The largest absolute Gasteiger partial charge is 0.314 e. The fourth-order valence-corrected chi connectivity index (χ4v) is 6.41. The van der Waals surface area contributed by atoms with Crippen LogP contribution in [0.3, 0.4) is 0 Å². The van der Waals surface area contributed by atoms with Crippen LogP contribution in [0.1, 0.15) is 29.6 Å².